The summed E-state index contributed by atoms with van der Waals surface area (Å²) in [5.74, 6) is 0.512. The highest BCUT2D eigenvalue weighted by atomic mass is 16.1. The van der Waals surface area contributed by atoms with Gasteiger partial charge < -0.3 is 15.1 Å². The number of carbonyl (C=O) groups excluding carboxylic acids is 1. The number of carbonyl (C=O) groups is 1. The first-order chi connectivity index (χ1) is 12.1. The molecule has 6 heteroatoms. The molecule has 2 heterocycles. The van der Waals surface area contributed by atoms with Gasteiger partial charge in [0.2, 0.25) is 5.95 Å². The van der Waals surface area contributed by atoms with Gasteiger partial charge in [0.15, 0.2) is 0 Å². The van der Waals surface area contributed by atoms with Crippen molar-refractivity contribution in [1.29, 1.82) is 0 Å². The molecule has 132 valence electrons. The Morgan fingerprint density at radius 2 is 1.84 bits per heavy atom. The van der Waals surface area contributed by atoms with Gasteiger partial charge in [-0.3, -0.25) is 4.79 Å². The highest BCUT2D eigenvalue weighted by Crippen LogP contribution is 2.13. The Morgan fingerprint density at radius 3 is 2.56 bits per heavy atom. The van der Waals surface area contributed by atoms with Gasteiger partial charge in [-0.1, -0.05) is 30.3 Å². The van der Waals surface area contributed by atoms with Gasteiger partial charge in [0.1, 0.15) is 5.69 Å². The maximum atomic E-state index is 12.4. The van der Waals surface area contributed by atoms with Crippen molar-refractivity contribution in [2.75, 3.05) is 44.7 Å². The van der Waals surface area contributed by atoms with Crippen molar-refractivity contribution in [3.05, 3.63) is 53.3 Å². The molecular formula is C19H25N5O. The summed E-state index contributed by atoms with van der Waals surface area (Å²) in [6.07, 6.45) is 0.808. The Labute approximate surface area is 148 Å². The van der Waals surface area contributed by atoms with Gasteiger partial charge in [0, 0.05) is 38.4 Å². The average Bonchev–Trinajstić information content (AvgIpc) is 2.62. The maximum Gasteiger partial charge on any atom is 0.270 e. The van der Waals surface area contributed by atoms with E-state index in [1.165, 1.54) is 5.56 Å². The van der Waals surface area contributed by atoms with Crippen LogP contribution < -0.4 is 10.2 Å². The van der Waals surface area contributed by atoms with E-state index in [0.29, 0.717) is 18.2 Å². The Kier molecular flexibility index (Phi) is 5.60. The summed E-state index contributed by atoms with van der Waals surface area (Å²) in [5, 5.41) is 2.96. The number of rotatable bonds is 5. The summed E-state index contributed by atoms with van der Waals surface area (Å²) < 4.78 is 0. The van der Waals surface area contributed by atoms with Gasteiger partial charge in [-0.25, -0.2) is 9.97 Å². The standard InChI is InChI=1S/C19H25N5O/c1-15-14-17(18(25)20-9-8-16-6-4-3-5-7-16)22-19(21-15)24-12-10-23(2)11-13-24/h3-7,14H,8-13H2,1-2H3,(H,20,25). The molecule has 0 bridgehead atoms. The Balaban J connectivity index is 1.62. The highest BCUT2D eigenvalue weighted by Gasteiger charge is 2.18. The van der Waals surface area contributed by atoms with E-state index in [9.17, 15) is 4.79 Å². The van der Waals surface area contributed by atoms with Crippen molar-refractivity contribution in [3.8, 4) is 0 Å². The first kappa shape index (κ1) is 17.4. The van der Waals surface area contributed by atoms with Crippen molar-refractivity contribution in [1.82, 2.24) is 20.2 Å². The minimum atomic E-state index is -0.142. The lowest BCUT2D eigenvalue weighted by atomic mass is 10.1. The molecule has 1 N–H and O–H groups in total. The maximum absolute atomic E-state index is 12.4. The molecule has 0 radical (unpaired) electrons. The molecule has 0 atom stereocenters. The van der Waals surface area contributed by atoms with Gasteiger partial charge in [0.25, 0.3) is 5.91 Å². The molecule has 25 heavy (non-hydrogen) atoms. The second kappa shape index (κ2) is 8.07. The molecular weight excluding hydrogens is 314 g/mol. The Bertz CT molecular complexity index is 711. The topological polar surface area (TPSA) is 61.4 Å². The van der Waals surface area contributed by atoms with Gasteiger partial charge in [0.05, 0.1) is 0 Å². The number of amides is 1. The van der Waals surface area contributed by atoms with E-state index in [0.717, 1.165) is 38.3 Å². The fraction of sp³-hybridized carbons (Fsp3) is 0.421. The van der Waals surface area contributed by atoms with Crippen LogP contribution >= 0.6 is 0 Å². The summed E-state index contributed by atoms with van der Waals surface area (Å²) >= 11 is 0. The smallest absolute Gasteiger partial charge is 0.270 e. The minimum Gasteiger partial charge on any atom is -0.350 e. The number of likely N-dealkylation sites (N-methyl/N-ethyl adjacent to an activating group) is 1. The van der Waals surface area contributed by atoms with Crippen molar-refractivity contribution >= 4 is 11.9 Å². The van der Waals surface area contributed by atoms with E-state index in [1.807, 2.05) is 25.1 Å². The fourth-order valence-corrected chi connectivity index (χ4v) is 2.87. The predicted molar refractivity (Wildman–Crippen MR) is 99.0 cm³/mol. The minimum absolute atomic E-state index is 0.142. The number of aryl methyl sites for hydroxylation is 1. The zero-order valence-corrected chi connectivity index (χ0v) is 14.9. The molecule has 0 spiro atoms. The first-order valence-electron chi connectivity index (χ1n) is 8.73. The monoisotopic (exact) mass is 339 g/mol. The number of hydrogen-bond acceptors (Lipinski definition) is 5. The van der Waals surface area contributed by atoms with Crippen molar-refractivity contribution in [3.63, 3.8) is 0 Å². The van der Waals surface area contributed by atoms with Crippen LogP contribution in [0.1, 0.15) is 21.7 Å². The van der Waals surface area contributed by atoms with Crippen LogP contribution in [0.25, 0.3) is 0 Å². The SMILES string of the molecule is Cc1cc(C(=O)NCCc2ccccc2)nc(N2CCN(C)CC2)n1. The van der Waals surface area contributed by atoms with Gasteiger partial charge in [-0.15, -0.1) is 0 Å². The molecule has 0 saturated carbocycles. The molecule has 0 aliphatic carbocycles. The molecule has 0 unspecified atom stereocenters. The van der Waals surface area contributed by atoms with E-state index < -0.39 is 0 Å². The number of nitrogens with zero attached hydrogens (tertiary/aromatic N) is 4. The lowest BCUT2D eigenvalue weighted by Crippen LogP contribution is -2.45. The van der Waals surface area contributed by atoms with E-state index in [2.05, 4.69) is 44.3 Å². The Morgan fingerprint density at radius 1 is 1.12 bits per heavy atom. The second-order valence-electron chi connectivity index (χ2n) is 6.48. The average molecular weight is 339 g/mol. The molecule has 1 aliphatic rings. The van der Waals surface area contributed by atoms with Gasteiger partial charge >= 0.3 is 0 Å². The third kappa shape index (κ3) is 4.76. The zero-order valence-electron chi connectivity index (χ0n) is 14.9. The molecule has 1 aliphatic heterocycles. The van der Waals surface area contributed by atoms with E-state index in [-0.39, 0.29) is 5.91 Å². The van der Waals surface area contributed by atoms with Gasteiger partial charge in [-0.05, 0) is 32.0 Å². The molecule has 1 saturated heterocycles. The molecule has 2 aromatic rings. The lowest BCUT2D eigenvalue weighted by Gasteiger charge is -2.32. The van der Waals surface area contributed by atoms with Crippen LogP contribution in [0.5, 0.6) is 0 Å². The van der Waals surface area contributed by atoms with Crippen LogP contribution in [-0.2, 0) is 6.42 Å². The first-order valence-corrected chi connectivity index (χ1v) is 8.73. The van der Waals surface area contributed by atoms with Crippen LogP contribution in [0, 0.1) is 6.92 Å². The van der Waals surface area contributed by atoms with Crippen LogP contribution in [-0.4, -0.2) is 60.5 Å². The second-order valence-corrected chi connectivity index (χ2v) is 6.48. The quantitative estimate of drug-likeness (QED) is 0.895. The predicted octanol–water partition coefficient (Wildman–Crippen LogP) is 1.51. The number of hydrogen-bond donors (Lipinski definition) is 1. The number of anilines is 1. The van der Waals surface area contributed by atoms with E-state index in [4.69, 9.17) is 0 Å². The Hall–Kier alpha value is -2.47. The number of nitrogens with one attached hydrogen (secondary N) is 1. The largest absolute Gasteiger partial charge is 0.350 e. The van der Waals surface area contributed by atoms with E-state index >= 15 is 0 Å². The number of piperazine rings is 1. The normalized spacial score (nSPS) is 15.2. The summed E-state index contributed by atoms with van der Waals surface area (Å²) in [6.45, 7) is 6.23. The molecule has 6 nitrogen and oxygen atoms in total. The lowest BCUT2D eigenvalue weighted by molar-refractivity contribution is 0.0949. The number of aromatic nitrogens is 2. The van der Waals surface area contributed by atoms with Crippen molar-refractivity contribution < 1.29 is 4.79 Å². The van der Waals surface area contributed by atoms with Crippen LogP contribution in [0.4, 0.5) is 5.95 Å². The molecule has 1 amide bonds. The fourth-order valence-electron chi connectivity index (χ4n) is 2.87. The summed E-state index contributed by atoms with van der Waals surface area (Å²) in [5.41, 5.74) is 2.46. The number of benzene rings is 1. The summed E-state index contributed by atoms with van der Waals surface area (Å²) in [6, 6.07) is 11.9. The summed E-state index contributed by atoms with van der Waals surface area (Å²) in [4.78, 5) is 25.9. The van der Waals surface area contributed by atoms with Crippen molar-refractivity contribution in [2.24, 2.45) is 0 Å². The van der Waals surface area contributed by atoms with E-state index in [1.54, 1.807) is 6.07 Å². The van der Waals surface area contributed by atoms with Crippen LogP contribution in [0.3, 0.4) is 0 Å². The van der Waals surface area contributed by atoms with Gasteiger partial charge in [-0.2, -0.15) is 0 Å². The third-order valence-corrected chi connectivity index (χ3v) is 4.40. The third-order valence-electron chi connectivity index (χ3n) is 4.40. The summed E-state index contributed by atoms with van der Waals surface area (Å²) in [7, 11) is 2.11. The van der Waals surface area contributed by atoms with Crippen LogP contribution in [0.15, 0.2) is 36.4 Å². The molecule has 1 aromatic heterocycles. The molecule has 1 fully saturated rings. The molecule has 1 aromatic carbocycles. The van der Waals surface area contributed by atoms with Crippen molar-refractivity contribution in [2.45, 2.75) is 13.3 Å². The van der Waals surface area contributed by atoms with Crippen LogP contribution in [0.2, 0.25) is 0 Å². The highest BCUT2D eigenvalue weighted by molar-refractivity contribution is 5.92. The zero-order chi connectivity index (χ0) is 17.6. The molecule has 3 rings (SSSR count).